The molecule has 0 spiro atoms. The summed E-state index contributed by atoms with van der Waals surface area (Å²) in [6, 6.07) is 26.1. The Balaban J connectivity index is 0.996. The largest absolute Gasteiger partial charge is 0.459 e. The summed E-state index contributed by atoms with van der Waals surface area (Å²) in [4.78, 5) is 40.6. The highest BCUT2D eigenvalue weighted by Crippen LogP contribution is 2.67. The first-order valence-electron chi connectivity index (χ1n) is 24.1. The van der Waals surface area contributed by atoms with Crippen LogP contribution in [0.3, 0.4) is 0 Å². The minimum atomic E-state index is -1.13. The van der Waals surface area contributed by atoms with Gasteiger partial charge in [0.25, 0.3) is 0 Å². The van der Waals surface area contributed by atoms with Gasteiger partial charge in [0.1, 0.15) is 12.7 Å². The molecule has 3 saturated carbocycles. The summed E-state index contributed by atoms with van der Waals surface area (Å²) in [5, 5.41) is 0. The van der Waals surface area contributed by atoms with E-state index < -0.39 is 42.5 Å². The molecule has 63 heavy (non-hydrogen) atoms. The number of benzene rings is 3. The Morgan fingerprint density at radius 2 is 1.32 bits per heavy atom. The van der Waals surface area contributed by atoms with Crippen molar-refractivity contribution in [3.63, 3.8) is 0 Å². The average molecular weight is 859 g/mol. The van der Waals surface area contributed by atoms with Crippen molar-refractivity contribution in [3.8, 4) is 0 Å². The van der Waals surface area contributed by atoms with Crippen LogP contribution in [0.1, 0.15) is 143 Å². The molecule has 0 amide bonds. The summed E-state index contributed by atoms with van der Waals surface area (Å²) in [5.74, 6) is 3.57. The predicted octanol–water partition coefficient (Wildman–Crippen LogP) is 12.1. The first-order chi connectivity index (χ1) is 30.4. The van der Waals surface area contributed by atoms with Crippen LogP contribution in [0.5, 0.6) is 0 Å². The maximum Gasteiger partial charge on any atom is 0.338 e. The van der Waals surface area contributed by atoms with E-state index in [9.17, 15) is 14.4 Å². The second-order valence-electron chi connectivity index (χ2n) is 20.4. The Kier molecular flexibility index (Phi) is 14.0. The highest BCUT2D eigenvalue weighted by molar-refractivity contribution is 5.91. The van der Waals surface area contributed by atoms with Crippen molar-refractivity contribution in [2.75, 3.05) is 6.61 Å². The highest BCUT2D eigenvalue weighted by Gasteiger charge is 2.60. The molecule has 13 atom stereocenters. The van der Waals surface area contributed by atoms with Gasteiger partial charge >= 0.3 is 17.9 Å². The van der Waals surface area contributed by atoms with Crippen molar-refractivity contribution in [2.45, 2.75) is 143 Å². The van der Waals surface area contributed by atoms with Crippen LogP contribution in [-0.4, -0.2) is 55.2 Å². The van der Waals surface area contributed by atoms with Crippen molar-refractivity contribution < 1.29 is 38.1 Å². The van der Waals surface area contributed by atoms with E-state index in [1.54, 1.807) is 72.8 Å². The van der Waals surface area contributed by atoms with E-state index in [0.717, 1.165) is 55.3 Å². The topological polar surface area (TPSA) is 97.4 Å². The SMILES string of the molecule is CCC(CC[C@@H](C)[C@H]1CC[C@H]2[C@@H]3CC=C4C[C@@H](O[C@@H]5O[C@H](COC(=O)c6ccccc6)[C@@H](OC(=O)c6ccccc6)[C@H]5OC(=O)c5ccccc5)CC[C@]4(C)[C@H]3CC[C@]12C)C(C)C. The van der Waals surface area contributed by atoms with Gasteiger partial charge in [-0.05, 0) is 146 Å². The lowest BCUT2D eigenvalue weighted by atomic mass is 9.47. The molecular formula is C55H70O8. The monoisotopic (exact) mass is 859 g/mol. The van der Waals surface area contributed by atoms with E-state index in [2.05, 4.69) is 47.6 Å². The Morgan fingerprint density at radius 1 is 0.714 bits per heavy atom. The van der Waals surface area contributed by atoms with E-state index in [0.29, 0.717) is 33.9 Å². The highest BCUT2D eigenvalue weighted by atomic mass is 16.7. The van der Waals surface area contributed by atoms with Gasteiger partial charge in [-0.25, -0.2) is 14.4 Å². The van der Waals surface area contributed by atoms with Gasteiger partial charge in [-0.2, -0.15) is 0 Å². The molecule has 0 aromatic heterocycles. The second kappa shape index (κ2) is 19.5. The van der Waals surface area contributed by atoms with Crippen LogP contribution in [0.2, 0.25) is 0 Å². The van der Waals surface area contributed by atoms with Gasteiger partial charge in [0.2, 0.25) is 0 Å². The summed E-state index contributed by atoms with van der Waals surface area (Å²) in [6.45, 7) is 14.7. The van der Waals surface area contributed by atoms with E-state index in [1.165, 1.54) is 50.5 Å². The van der Waals surface area contributed by atoms with Crippen LogP contribution in [0.4, 0.5) is 0 Å². The van der Waals surface area contributed by atoms with Gasteiger partial charge in [0.15, 0.2) is 18.5 Å². The molecule has 1 unspecified atom stereocenters. The van der Waals surface area contributed by atoms with E-state index in [1.807, 2.05) is 18.2 Å². The van der Waals surface area contributed by atoms with Gasteiger partial charge in [0, 0.05) is 0 Å². The van der Waals surface area contributed by atoms with Gasteiger partial charge in [0.05, 0.1) is 22.8 Å². The minimum Gasteiger partial charge on any atom is -0.459 e. The van der Waals surface area contributed by atoms with Crippen LogP contribution in [-0.2, 0) is 23.7 Å². The number of carbonyl (C=O) groups is 3. The van der Waals surface area contributed by atoms with Gasteiger partial charge in [-0.1, -0.05) is 121 Å². The lowest BCUT2D eigenvalue weighted by molar-refractivity contribution is -0.200. The fraction of sp³-hybridized carbons (Fsp3) is 0.582. The number of esters is 3. The van der Waals surface area contributed by atoms with Gasteiger partial charge in [-0.15, -0.1) is 0 Å². The van der Waals surface area contributed by atoms with Crippen molar-refractivity contribution >= 4 is 17.9 Å². The van der Waals surface area contributed by atoms with Gasteiger partial charge in [-0.3, -0.25) is 0 Å². The fourth-order valence-corrected chi connectivity index (χ4v) is 13.1. The number of hydrogen-bond donors (Lipinski definition) is 0. The van der Waals surface area contributed by atoms with Crippen molar-refractivity contribution in [2.24, 2.45) is 52.3 Å². The predicted molar refractivity (Wildman–Crippen MR) is 244 cm³/mol. The summed E-state index contributed by atoms with van der Waals surface area (Å²) < 4.78 is 31.6. The van der Waals surface area contributed by atoms with Crippen LogP contribution >= 0.6 is 0 Å². The number of fused-ring (bicyclic) bond motifs is 5. The smallest absolute Gasteiger partial charge is 0.338 e. The third-order valence-corrected chi connectivity index (χ3v) is 16.8. The molecule has 3 aromatic rings. The second-order valence-corrected chi connectivity index (χ2v) is 20.4. The molecule has 1 aliphatic heterocycles. The molecule has 0 N–H and O–H groups in total. The van der Waals surface area contributed by atoms with Crippen molar-refractivity contribution in [3.05, 3.63) is 119 Å². The maximum atomic E-state index is 13.7. The average Bonchev–Trinajstić information content (AvgIpc) is 3.82. The first-order valence-corrected chi connectivity index (χ1v) is 24.1. The molecule has 0 radical (unpaired) electrons. The van der Waals surface area contributed by atoms with Gasteiger partial charge < -0.3 is 23.7 Å². The molecule has 4 fully saturated rings. The number of hydrogen-bond acceptors (Lipinski definition) is 8. The van der Waals surface area contributed by atoms with E-state index in [4.69, 9.17) is 23.7 Å². The Morgan fingerprint density at radius 3 is 1.92 bits per heavy atom. The number of allylic oxidation sites excluding steroid dienone is 1. The van der Waals surface area contributed by atoms with Crippen LogP contribution in [0, 0.1) is 52.3 Å². The third kappa shape index (κ3) is 9.45. The van der Waals surface area contributed by atoms with Crippen LogP contribution in [0.25, 0.3) is 0 Å². The van der Waals surface area contributed by atoms with E-state index in [-0.39, 0.29) is 18.1 Å². The molecule has 8 nitrogen and oxygen atoms in total. The van der Waals surface area contributed by atoms with Crippen LogP contribution < -0.4 is 0 Å². The number of rotatable bonds is 15. The molecule has 1 saturated heterocycles. The zero-order valence-electron chi connectivity index (χ0n) is 38.4. The molecule has 3 aromatic carbocycles. The Labute approximate surface area is 375 Å². The maximum absolute atomic E-state index is 13.7. The molecule has 4 aliphatic carbocycles. The molecule has 8 rings (SSSR count). The molecule has 0 bridgehead atoms. The minimum absolute atomic E-state index is 0.108. The van der Waals surface area contributed by atoms with Crippen molar-refractivity contribution in [1.82, 2.24) is 0 Å². The van der Waals surface area contributed by atoms with Crippen LogP contribution in [0.15, 0.2) is 103 Å². The zero-order valence-corrected chi connectivity index (χ0v) is 38.4. The summed E-state index contributed by atoms with van der Waals surface area (Å²) in [5.41, 5.74) is 3.07. The lowest BCUT2D eigenvalue weighted by Crippen LogP contribution is -2.51. The Hall–Kier alpha value is -4.27. The summed E-state index contributed by atoms with van der Waals surface area (Å²) >= 11 is 0. The molecule has 1 heterocycles. The first kappa shape index (κ1) is 45.3. The standard InChI is InChI=1S/C55H70O8/c1-7-37(35(2)3)24-23-36(4)44-27-28-45-43-26-25-41-33-42(29-31-54(41,5)46(43)30-32-55(44,45)6)60-53-49(63-52(58)40-21-15-10-16-22-40)48(62-51(57)39-19-13-9-14-20-39)47(61-53)34-59-50(56)38-17-11-8-12-18-38/h8-22,25,35-37,42-49,53H,7,23-24,26-34H2,1-6H3/t36-,37?,42+,43+,44-,45+,46+,47-,48-,49-,53-,54+,55-/m1/s1. The number of ether oxygens (including phenoxy) is 5. The Bertz CT molecular complexity index is 2050. The lowest BCUT2D eigenvalue weighted by Gasteiger charge is -2.58. The molecular weight excluding hydrogens is 789 g/mol. The fourth-order valence-electron chi connectivity index (χ4n) is 13.1. The molecule has 338 valence electrons. The quantitative estimate of drug-likeness (QED) is 0.0847. The third-order valence-electron chi connectivity index (χ3n) is 16.8. The zero-order chi connectivity index (χ0) is 44.3. The van der Waals surface area contributed by atoms with E-state index >= 15 is 0 Å². The molecule has 8 heteroatoms. The molecule has 5 aliphatic rings. The van der Waals surface area contributed by atoms with Crippen molar-refractivity contribution in [1.29, 1.82) is 0 Å². The number of carbonyl (C=O) groups excluding carboxylic acids is 3. The summed E-state index contributed by atoms with van der Waals surface area (Å²) in [6.07, 6.45) is 11.1. The normalized spacial score (nSPS) is 33.3. The summed E-state index contributed by atoms with van der Waals surface area (Å²) in [7, 11) is 0.